The van der Waals surface area contributed by atoms with Gasteiger partial charge in [0.05, 0.1) is 11.1 Å². The van der Waals surface area contributed by atoms with Crippen molar-refractivity contribution in [1.82, 2.24) is 15.5 Å². The Morgan fingerprint density at radius 1 is 1.07 bits per heavy atom. The van der Waals surface area contributed by atoms with Gasteiger partial charge in [0, 0.05) is 18.7 Å². The van der Waals surface area contributed by atoms with Gasteiger partial charge < -0.3 is 10.6 Å². The summed E-state index contributed by atoms with van der Waals surface area (Å²) >= 11 is 0. The summed E-state index contributed by atoms with van der Waals surface area (Å²) < 4.78 is 0. The second kappa shape index (κ2) is 7.19. The molecule has 1 saturated carbocycles. The number of carbonyl (C=O) groups excluding carboxylic acids is 4. The van der Waals surface area contributed by atoms with E-state index in [-0.39, 0.29) is 18.7 Å². The molecule has 8 nitrogen and oxygen atoms in total. The topological polar surface area (TPSA) is 108 Å². The van der Waals surface area contributed by atoms with Gasteiger partial charge in [0.2, 0.25) is 11.8 Å². The smallest absolute Gasteiger partial charge is 0.264 e. The molecule has 3 fully saturated rings. The number of amides is 4. The molecule has 30 heavy (non-hydrogen) atoms. The number of imide groups is 2. The van der Waals surface area contributed by atoms with E-state index in [1.165, 1.54) is 25.7 Å². The van der Waals surface area contributed by atoms with Crippen LogP contribution in [-0.2, 0) is 9.59 Å². The fourth-order valence-corrected chi connectivity index (χ4v) is 5.59. The Hall–Kier alpha value is -2.74. The van der Waals surface area contributed by atoms with Crippen molar-refractivity contribution in [2.45, 2.75) is 44.6 Å². The predicted molar refractivity (Wildman–Crippen MR) is 109 cm³/mol. The lowest BCUT2D eigenvalue weighted by Crippen LogP contribution is -2.54. The molecule has 3 N–H and O–H groups in total. The number of anilines is 1. The van der Waals surface area contributed by atoms with E-state index in [1.54, 1.807) is 12.1 Å². The number of carbonyl (C=O) groups is 4. The average Bonchev–Trinajstić information content (AvgIpc) is 2.97. The molecule has 1 aliphatic carbocycles. The lowest BCUT2D eigenvalue weighted by atomic mass is 9.58. The van der Waals surface area contributed by atoms with E-state index in [1.807, 2.05) is 6.07 Å². The van der Waals surface area contributed by atoms with Gasteiger partial charge in [-0.15, -0.1) is 0 Å². The number of hydrogen-bond donors (Lipinski definition) is 3. The molecule has 5 rings (SSSR count). The van der Waals surface area contributed by atoms with Crippen molar-refractivity contribution in [3.05, 3.63) is 29.3 Å². The third kappa shape index (κ3) is 3.10. The largest absolute Gasteiger partial charge is 0.384 e. The molecule has 0 aromatic heterocycles. The van der Waals surface area contributed by atoms with Crippen LogP contribution in [0.2, 0.25) is 0 Å². The molecule has 4 amide bonds. The first kappa shape index (κ1) is 19.2. The maximum absolute atomic E-state index is 13.1. The number of nitrogens with zero attached hydrogens (tertiary/aromatic N) is 1. The number of fused-ring (bicyclic) bond motifs is 1. The first-order valence-corrected chi connectivity index (χ1v) is 10.8. The fraction of sp³-hybridized carbons (Fsp3) is 0.545. The Morgan fingerprint density at radius 3 is 2.57 bits per heavy atom. The minimum absolute atomic E-state index is 0.119. The van der Waals surface area contributed by atoms with Crippen molar-refractivity contribution in [3.8, 4) is 0 Å². The summed E-state index contributed by atoms with van der Waals surface area (Å²) in [5, 5.41) is 9.04. The van der Waals surface area contributed by atoms with Crippen LogP contribution in [0.1, 0.15) is 59.2 Å². The van der Waals surface area contributed by atoms with E-state index in [9.17, 15) is 19.2 Å². The molecule has 1 spiro atoms. The second-order valence-electron chi connectivity index (χ2n) is 9.08. The lowest BCUT2D eigenvalue weighted by molar-refractivity contribution is -0.136. The molecule has 8 heteroatoms. The molecule has 158 valence electrons. The minimum Gasteiger partial charge on any atom is -0.384 e. The van der Waals surface area contributed by atoms with Gasteiger partial charge in [-0.05, 0) is 68.7 Å². The van der Waals surface area contributed by atoms with Gasteiger partial charge >= 0.3 is 0 Å². The van der Waals surface area contributed by atoms with Crippen molar-refractivity contribution in [2.75, 3.05) is 25.0 Å². The maximum atomic E-state index is 13.1. The van der Waals surface area contributed by atoms with Crippen molar-refractivity contribution < 1.29 is 19.2 Å². The minimum atomic E-state index is -0.936. The summed E-state index contributed by atoms with van der Waals surface area (Å²) in [4.78, 5) is 50.7. The summed E-state index contributed by atoms with van der Waals surface area (Å²) in [6.07, 6.45) is 5.15. The molecule has 2 saturated heterocycles. The van der Waals surface area contributed by atoms with Crippen molar-refractivity contribution in [3.63, 3.8) is 0 Å². The molecule has 1 aromatic carbocycles. The quantitative estimate of drug-likeness (QED) is 0.646. The number of hydrogen-bond acceptors (Lipinski definition) is 6. The first-order valence-electron chi connectivity index (χ1n) is 10.8. The van der Waals surface area contributed by atoms with Crippen LogP contribution in [0.3, 0.4) is 0 Å². The molecule has 3 heterocycles. The Labute approximate surface area is 174 Å². The fourth-order valence-electron chi connectivity index (χ4n) is 5.59. The maximum Gasteiger partial charge on any atom is 0.264 e. The standard InChI is InChI=1S/C22H26N4O4/c27-17-5-4-16(19(28)25-17)26-20(29)14-2-1-3-15(18(14)21(26)30)24-12-13-10-22(11-13)6-8-23-9-7-22/h1-3,13,16,23-24H,4-12H2,(H,25,27,28). The van der Waals surface area contributed by atoms with Gasteiger partial charge in [0.1, 0.15) is 6.04 Å². The zero-order valence-electron chi connectivity index (χ0n) is 16.8. The molecule has 3 aliphatic heterocycles. The van der Waals surface area contributed by atoms with Crippen molar-refractivity contribution in [2.24, 2.45) is 11.3 Å². The molecule has 1 unspecified atom stereocenters. The van der Waals surface area contributed by atoms with Crippen molar-refractivity contribution >= 4 is 29.3 Å². The monoisotopic (exact) mass is 410 g/mol. The molecular formula is C22H26N4O4. The van der Waals surface area contributed by atoms with Crippen LogP contribution >= 0.6 is 0 Å². The summed E-state index contributed by atoms with van der Waals surface area (Å²) in [6.45, 7) is 2.96. The van der Waals surface area contributed by atoms with Gasteiger partial charge in [-0.2, -0.15) is 0 Å². The number of piperidine rings is 2. The summed E-state index contributed by atoms with van der Waals surface area (Å²) in [5.74, 6) is -1.32. The van der Waals surface area contributed by atoms with E-state index < -0.39 is 23.8 Å². The third-order valence-corrected chi connectivity index (χ3v) is 7.16. The van der Waals surface area contributed by atoms with Gasteiger partial charge in [0.25, 0.3) is 11.8 Å². The SMILES string of the molecule is O=C1CCC(N2C(=O)c3cccc(NCC4CC5(CCNCC5)C4)c3C2=O)C(=O)N1. The number of nitrogens with one attached hydrogen (secondary N) is 3. The van der Waals surface area contributed by atoms with Crippen LogP contribution in [0.5, 0.6) is 0 Å². The van der Waals surface area contributed by atoms with Crippen LogP contribution in [0.25, 0.3) is 0 Å². The van der Waals surface area contributed by atoms with Gasteiger partial charge in [-0.25, -0.2) is 0 Å². The van der Waals surface area contributed by atoms with Crippen LogP contribution in [-0.4, -0.2) is 54.2 Å². The number of rotatable bonds is 4. The highest BCUT2D eigenvalue weighted by Gasteiger charge is 2.46. The molecule has 0 radical (unpaired) electrons. The van der Waals surface area contributed by atoms with Crippen LogP contribution in [0.4, 0.5) is 5.69 Å². The first-order chi connectivity index (χ1) is 14.5. The molecule has 1 atom stereocenters. The highest BCUT2D eigenvalue weighted by atomic mass is 16.2. The summed E-state index contributed by atoms with van der Waals surface area (Å²) in [7, 11) is 0. The lowest BCUT2D eigenvalue weighted by Gasteiger charge is -2.50. The Balaban J connectivity index is 1.29. The van der Waals surface area contributed by atoms with Crippen LogP contribution < -0.4 is 16.0 Å². The third-order valence-electron chi connectivity index (χ3n) is 7.16. The van der Waals surface area contributed by atoms with Gasteiger partial charge in [-0.3, -0.25) is 29.4 Å². The van der Waals surface area contributed by atoms with E-state index in [0.717, 1.165) is 24.5 Å². The van der Waals surface area contributed by atoms with E-state index in [0.29, 0.717) is 28.1 Å². The second-order valence-corrected chi connectivity index (χ2v) is 9.08. The predicted octanol–water partition coefficient (Wildman–Crippen LogP) is 1.28. The Bertz CT molecular complexity index is 929. The Morgan fingerprint density at radius 2 is 1.83 bits per heavy atom. The van der Waals surface area contributed by atoms with Crippen molar-refractivity contribution in [1.29, 1.82) is 0 Å². The van der Waals surface area contributed by atoms with E-state index >= 15 is 0 Å². The molecule has 0 bridgehead atoms. The zero-order chi connectivity index (χ0) is 20.9. The highest BCUT2D eigenvalue weighted by Crippen LogP contribution is 2.51. The summed E-state index contributed by atoms with van der Waals surface area (Å²) in [5.41, 5.74) is 1.79. The highest BCUT2D eigenvalue weighted by molar-refractivity contribution is 6.25. The van der Waals surface area contributed by atoms with Gasteiger partial charge in [-0.1, -0.05) is 6.07 Å². The average molecular weight is 410 g/mol. The van der Waals surface area contributed by atoms with Crippen LogP contribution in [0, 0.1) is 11.3 Å². The molecule has 4 aliphatic rings. The number of benzene rings is 1. The Kier molecular flexibility index (Phi) is 4.61. The molecular weight excluding hydrogens is 384 g/mol. The van der Waals surface area contributed by atoms with Crippen LogP contribution in [0.15, 0.2) is 18.2 Å². The molecule has 1 aromatic rings. The normalized spacial score (nSPS) is 25.9. The zero-order valence-corrected chi connectivity index (χ0v) is 16.8. The summed E-state index contributed by atoms with van der Waals surface area (Å²) in [6, 6.07) is 4.26. The van der Waals surface area contributed by atoms with E-state index in [4.69, 9.17) is 0 Å². The van der Waals surface area contributed by atoms with Gasteiger partial charge in [0.15, 0.2) is 0 Å². The van der Waals surface area contributed by atoms with E-state index in [2.05, 4.69) is 16.0 Å².